The minimum atomic E-state index is 0.0690. The molecule has 1 heterocycles. The zero-order chi connectivity index (χ0) is 18.1. The third-order valence-electron chi connectivity index (χ3n) is 6.88. The lowest BCUT2D eigenvalue weighted by atomic mass is 9.53. The second kappa shape index (κ2) is 7.26. The standard InChI is InChI=1S/C21H33N3O2/c1-23-6-3-5-19(23)15-24(7-4-8-26-2)20(25)22-21-12-16-9-17(13-21)11-18(10-16)14-21/h3,5-6,16-18H,4,7-15H2,1-2H3,(H,22,25). The van der Waals surface area contributed by atoms with Crippen LogP contribution in [0.25, 0.3) is 0 Å². The minimum absolute atomic E-state index is 0.0690. The van der Waals surface area contributed by atoms with Gasteiger partial charge in [0.2, 0.25) is 0 Å². The van der Waals surface area contributed by atoms with Crippen LogP contribution < -0.4 is 5.32 Å². The first-order chi connectivity index (χ1) is 12.6. The quantitative estimate of drug-likeness (QED) is 0.757. The van der Waals surface area contributed by atoms with Crippen LogP contribution >= 0.6 is 0 Å². The SMILES string of the molecule is COCCCN(Cc1cccn1C)C(=O)NC12CC3CC(CC(C3)C1)C2. The molecule has 144 valence electrons. The number of aromatic nitrogens is 1. The summed E-state index contributed by atoms with van der Waals surface area (Å²) in [6.07, 6.45) is 10.7. The number of methoxy groups -OCH3 is 1. The first-order valence-electron chi connectivity index (χ1n) is 10.2. The van der Waals surface area contributed by atoms with E-state index in [1.807, 2.05) is 24.2 Å². The van der Waals surface area contributed by atoms with Gasteiger partial charge in [0.05, 0.1) is 6.54 Å². The summed E-state index contributed by atoms with van der Waals surface area (Å²) in [6, 6.07) is 4.25. The van der Waals surface area contributed by atoms with E-state index in [-0.39, 0.29) is 11.6 Å². The molecule has 1 aromatic rings. The molecule has 1 N–H and O–H groups in total. The van der Waals surface area contributed by atoms with E-state index >= 15 is 0 Å². The first-order valence-corrected chi connectivity index (χ1v) is 10.2. The molecule has 0 aromatic carbocycles. The molecule has 0 unspecified atom stereocenters. The number of nitrogens with one attached hydrogen (secondary N) is 1. The molecule has 4 fully saturated rings. The van der Waals surface area contributed by atoms with E-state index in [0.29, 0.717) is 13.2 Å². The largest absolute Gasteiger partial charge is 0.385 e. The fourth-order valence-corrected chi connectivity index (χ4v) is 6.08. The van der Waals surface area contributed by atoms with Crippen molar-refractivity contribution in [3.8, 4) is 0 Å². The van der Waals surface area contributed by atoms with E-state index < -0.39 is 0 Å². The van der Waals surface area contributed by atoms with E-state index in [1.54, 1.807) is 7.11 Å². The Balaban J connectivity index is 1.44. The molecule has 0 spiro atoms. The number of urea groups is 1. The van der Waals surface area contributed by atoms with Crippen LogP contribution in [0.5, 0.6) is 0 Å². The van der Waals surface area contributed by atoms with Crippen molar-refractivity contribution in [1.82, 2.24) is 14.8 Å². The second-order valence-corrected chi connectivity index (χ2v) is 9.01. The normalized spacial score (nSPS) is 32.0. The van der Waals surface area contributed by atoms with Crippen molar-refractivity contribution in [2.45, 2.75) is 57.0 Å². The summed E-state index contributed by atoms with van der Waals surface area (Å²) >= 11 is 0. The molecule has 4 bridgehead atoms. The average molecular weight is 360 g/mol. The van der Waals surface area contributed by atoms with Crippen molar-refractivity contribution in [2.24, 2.45) is 24.8 Å². The van der Waals surface area contributed by atoms with Crippen molar-refractivity contribution < 1.29 is 9.53 Å². The predicted octanol–water partition coefficient (Wildman–Crippen LogP) is 3.54. The third kappa shape index (κ3) is 3.64. The zero-order valence-electron chi connectivity index (χ0n) is 16.2. The van der Waals surface area contributed by atoms with Crippen LogP contribution in [0.2, 0.25) is 0 Å². The molecular formula is C21H33N3O2. The van der Waals surface area contributed by atoms with Gasteiger partial charge in [0.15, 0.2) is 0 Å². The van der Waals surface area contributed by atoms with Gasteiger partial charge in [-0.3, -0.25) is 0 Å². The fraction of sp³-hybridized carbons (Fsp3) is 0.762. The number of carbonyl (C=O) groups excluding carboxylic acids is 1. The molecule has 4 aliphatic carbocycles. The van der Waals surface area contributed by atoms with Gasteiger partial charge in [-0.25, -0.2) is 4.79 Å². The van der Waals surface area contributed by atoms with Gasteiger partial charge in [0.1, 0.15) is 0 Å². The van der Waals surface area contributed by atoms with Crippen molar-refractivity contribution in [3.05, 3.63) is 24.0 Å². The molecule has 2 amide bonds. The summed E-state index contributed by atoms with van der Waals surface area (Å²) in [7, 11) is 3.76. The number of hydrogen-bond donors (Lipinski definition) is 1. The van der Waals surface area contributed by atoms with E-state index in [9.17, 15) is 4.79 Å². The monoisotopic (exact) mass is 359 g/mol. The van der Waals surface area contributed by atoms with E-state index in [2.05, 4.69) is 16.0 Å². The van der Waals surface area contributed by atoms with Gasteiger partial charge in [0.25, 0.3) is 0 Å². The van der Waals surface area contributed by atoms with E-state index in [1.165, 1.54) is 44.2 Å². The fourth-order valence-electron chi connectivity index (χ4n) is 6.08. The average Bonchev–Trinajstić information content (AvgIpc) is 2.97. The summed E-state index contributed by atoms with van der Waals surface area (Å²) in [5.74, 6) is 2.53. The molecule has 0 saturated heterocycles. The lowest BCUT2D eigenvalue weighted by molar-refractivity contribution is -0.0159. The Bertz CT molecular complexity index is 604. The van der Waals surface area contributed by atoms with Gasteiger partial charge in [-0.2, -0.15) is 0 Å². The molecule has 1 aromatic heterocycles. The van der Waals surface area contributed by atoms with Crippen LogP contribution in [0, 0.1) is 17.8 Å². The number of amides is 2. The summed E-state index contributed by atoms with van der Waals surface area (Å²) < 4.78 is 7.30. The Labute approximate surface area is 157 Å². The maximum absolute atomic E-state index is 13.2. The van der Waals surface area contributed by atoms with Crippen molar-refractivity contribution in [2.75, 3.05) is 20.3 Å². The summed E-state index contributed by atoms with van der Waals surface area (Å²) in [4.78, 5) is 15.2. The number of hydrogen-bond acceptors (Lipinski definition) is 2. The Morgan fingerprint density at radius 3 is 2.46 bits per heavy atom. The molecule has 4 aliphatic rings. The van der Waals surface area contributed by atoms with Crippen LogP contribution in [-0.4, -0.2) is 41.3 Å². The summed E-state index contributed by atoms with van der Waals surface area (Å²) in [5.41, 5.74) is 1.24. The topological polar surface area (TPSA) is 46.5 Å². The maximum atomic E-state index is 13.2. The van der Waals surface area contributed by atoms with Gasteiger partial charge < -0.3 is 19.5 Å². The molecule has 0 aliphatic heterocycles. The Morgan fingerprint density at radius 2 is 1.92 bits per heavy atom. The molecular weight excluding hydrogens is 326 g/mol. The third-order valence-corrected chi connectivity index (χ3v) is 6.88. The molecule has 4 saturated carbocycles. The maximum Gasteiger partial charge on any atom is 0.318 e. The molecule has 5 heteroatoms. The highest BCUT2D eigenvalue weighted by Crippen LogP contribution is 2.55. The smallest absolute Gasteiger partial charge is 0.318 e. The van der Waals surface area contributed by atoms with Crippen LogP contribution in [0.1, 0.15) is 50.6 Å². The van der Waals surface area contributed by atoms with Gasteiger partial charge in [-0.05, 0) is 74.8 Å². The predicted molar refractivity (Wildman–Crippen MR) is 102 cm³/mol. The molecule has 5 nitrogen and oxygen atoms in total. The number of ether oxygens (including phenoxy) is 1. The molecule has 0 atom stereocenters. The van der Waals surface area contributed by atoms with E-state index in [0.717, 1.165) is 30.7 Å². The Morgan fingerprint density at radius 1 is 1.27 bits per heavy atom. The number of aryl methyl sites for hydroxylation is 1. The minimum Gasteiger partial charge on any atom is -0.385 e. The van der Waals surface area contributed by atoms with Crippen LogP contribution in [0.4, 0.5) is 4.79 Å². The summed E-state index contributed by atoms with van der Waals surface area (Å²) in [5, 5.41) is 3.52. The van der Waals surface area contributed by atoms with Crippen molar-refractivity contribution >= 4 is 6.03 Å². The first kappa shape index (κ1) is 17.9. The Hall–Kier alpha value is -1.49. The highest BCUT2D eigenvalue weighted by molar-refractivity contribution is 5.75. The van der Waals surface area contributed by atoms with Crippen LogP contribution in [0.15, 0.2) is 18.3 Å². The number of rotatable bonds is 7. The van der Waals surface area contributed by atoms with Crippen LogP contribution in [-0.2, 0) is 18.3 Å². The van der Waals surface area contributed by atoms with Crippen LogP contribution in [0.3, 0.4) is 0 Å². The van der Waals surface area contributed by atoms with Gasteiger partial charge in [-0.15, -0.1) is 0 Å². The number of nitrogens with zero attached hydrogens (tertiary/aromatic N) is 2. The number of carbonyl (C=O) groups is 1. The second-order valence-electron chi connectivity index (χ2n) is 9.01. The highest BCUT2D eigenvalue weighted by Gasteiger charge is 2.51. The summed E-state index contributed by atoms with van der Waals surface area (Å²) in [6.45, 7) is 2.08. The van der Waals surface area contributed by atoms with Crippen molar-refractivity contribution in [1.29, 1.82) is 0 Å². The molecule has 0 radical (unpaired) electrons. The Kier molecular flexibility index (Phi) is 5.00. The molecule has 5 rings (SSSR count). The highest BCUT2D eigenvalue weighted by atomic mass is 16.5. The zero-order valence-corrected chi connectivity index (χ0v) is 16.2. The molecule has 26 heavy (non-hydrogen) atoms. The van der Waals surface area contributed by atoms with Gasteiger partial charge in [-0.1, -0.05) is 0 Å². The lowest BCUT2D eigenvalue weighted by Gasteiger charge is -2.57. The van der Waals surface area contributed by atoms with E-state index in [4.69, 9.17) is 4.74 Å². The van der Waals surface area contributed by atoms with Gasteiger partial charge >= 0.3 is 6.03 Å². The lowest BCUT2D eigenvalue weighted by Crippen LogP contribution is -2.61. The van der Waals surface area contributed by atoms with Crippen molar-refractivity contribution in [3.63, 3.8) is 0 Å². The van der Waals surface area contributed by atoms with Gasteiger partial charge in [0, 0.05) is 44.7 Å².